The summed E-state index contributed by atoms with van der Waals surface area (Å²) in [5, 5.41) is 3.40. The third-order valence-electron chi connectivity index (χ3n) is 3.69. The van der Waals surface area contributed by atoms with Crippen LogP contribution in [0.1, 0.15) is 32.4 Å². The number of piperidine rings is 1. The van der Waals surface area contributed by atoms with Gasteiger partial charge in [-0.15, -0.1) is 0 Å². The Morgan fingerprint density at radius 1 is 1.47 bits per heavy atom. The van der Waals surface area contributed by atoms with Gasteiger partial charge < -0.3 is 10.2 Å². The summed E-state index contributed by atoms with van der Waals surface area (Å²) in [4.78, 5) is 10.1. The van der Waals surface area contributed by atoms with Crippen LogP contribution < -0.4 is 10.2 Å². The predicted molar refractivity (Wildman–Crippen MR) is 74.8 cm³/mol. The quantitative estimate of drug-likeness (QED) is 0.906. The van der Waals surface area contributed by atoms with Crippen molar-refractivity contribution in [1.82, 2.24) is 15.3 Å². The second-order valence-electron chi connectivity index (χ2n) is 5.56. The summed E-state index contributed by atoms with van der Waals surface area (Å²) in [7, 11) is 0. The lowest BCUT2D eigenvalue weighted by molar-refractivity contribution is 0.368. The van der Waals surface area contributed by atoms with Crippen molar-refractivity contribution in [3.8, 4) is 0 Å². The van der Waals surface area contributed by atoms with Gasteiger partial charge in [0.25, 0.3) is 0 Å². The second-order valence-corrected chi connectivity index (χ2v) is 5.56. The van der Waals surface area contributed by atoms with Crippen LogP contribution >= 0.6 is 0 Å². The van der Waals surface area contributed by atoms with Gasteiger partial charge >= 0.3 is 0 Å². The van der Waals surface area contributed by atoms with Gasteiger partial charge in [0.15, 0.2) is 11.6 Å². The van der Waals surface area contributed by atoms with Gasteiger partial charge in [-0.1, -0.05) is 0 Å². The van der Waals surface area contributed by atoms with E-state index in [1.165, 1.54) is 19.2 Å². The Balaban J connectivity index is 2.17. The standard InChI is InChI=1S/C14H23FN4/c1-10(2)19(8-12-5-4-6-16-7-12)14-13(15)11(3)17-9-18-14/h9-10,12,16H,4-8H2,1-3H3. The summed E-state index contributed by atoms with van der Waals surface area (Å²) in [5.74, 6) is 0.707. The normalized spacial score (nSPS) is 19.7. The van der Waals surface area contributed by atoms with Crippen molar-refractivity contribution in [3.05, 3.63) is 17.8 Å². The lowest BCUT2D eigenvalue weighted by Gasteiger charge is -2.33. The summed E-state index contributed by atoms with van der Waals surface area (Å²) in [6, 6.07) is 0.228. The van der Waals surface area contributed by atoms with E-state index in [1.54, 1.807) is 6.92 Å². The first-order chi connectivity index (χ1) is 9.09. The van der Waals surface area contributed by atoms with Gasteiger partial charge in [0.1, 0.15) is 6.33 Å². The van der Waals surface area contributed by atoms with E-state index in [4.69, 9.17) is 0 Å². The van der Waals surface area contributed by atoms with E-state index in [-0.39, 0.29) is 11.9 Å². The average molecular weight is 266 g/mol. The molecule has 2 rings (SSSR count). The van der Waals surface area contributed by atoms with Crippen LogP contribution in [0.5, 0.6) is 0 Å². The van der Waals surface area contributed by atoms with Gasteiger partial charge in [0.05, 0.1) is 5.69 Å². The molecule has 0 aliphatic carbocycles. The SMILES string of the molecule is Cc1ncnc(N(CC2CCCNC2)C(C)C)c1F. The molecule has 2 heterocycles. The molecule has 0 aromatic carbocycles. The van der Waals surface area contributed by atoms with Crippen molar-refractivity contribution in [2.75, 3.05) is 24.5 Å². The predicted octanol–water partition coefficient (Wildman–Crippen LogP) is 2.14. The molecule has 1 aromatic rings. The molecule has 5 heteroatoms. The molecule has 0 saturated carbocycles. The highest BCUT2D eigenvalue weighted by Crippen LogP contribution is 2.22. The highest BCUT2D eigenvalue weighted by molar-refractivity contribution is 5.41. The molecule has 0 amide bonds. The third-order valence-corrected chi connectivity index (χ3v) is 3.69. The first kappa shape index (κ1) is 14.2. The van der Waals surface area contributed by atoms with Gasteiger partial charge in [-0.2, -0.15) is 0 Å². The molecule has 0 radical (unpaired) electrons. The minimum atomic E-state index is -0.292. The van der Waals surface area contributed by atoms with Crippen molar-refractivity contribution in [1.29, 1.82) is 0 Å². The zero-order chi connectivity index (χ0) is 13.8. The van der Waals surface area contributed by atoms with Gasteiger partial charge in [0.2, 0.25) is 0 Å². The Bertz CT molecular complexity index is 416. The van der Waals surface area contributed by atoms with Gasteiger partial charge in [0, 0.05) is 12.6 Å². The summed E-state index contributed by atoms with van der Waals surface area (Å²) in [6.07, 6.45) is 3.84. The van der Waals surface area contributed by atoms with Crippen molar-refractivity contribution >= 4 is 5.82 Å². The van der Waals surface area contributed by atoms with Crippen molar-refractivity contribution in [3.63, 3.8) is 0 Å². The first-order valence-corrected chi connectivity index (χ1v) is 7.04. The van der Waals surface area contributed by atoms with E-state index >= 15 is 0 Å². The molecule has 0 spiro atoms. The lowest BCUT2D eigenvalue weighted by atomic mass is 9.98. The zero-order valence-electron chi connectivity index (χ0n) is 12.0. The number of nitrogens with zero attached hydrogens (tertiary/aromatic N) is 3. The number of hydrogen-bond acceptors (Lipinski definition) is 4. The number of nitrogens with one attached hydrogen (secondary N) is 1. The topological polar surface area (TPSA) is 41.1 Å². The van der Waals surface area contributed by atoms with Crippen LogP contribution in [0.4, 0.5) is 10.2 Å². The molecule has 1 aliphatic heterocycles. The van der Waals surface area contributed by atoms with Crippen LogP contribution in [-0.4, -0.2) is 35.6 Å². The highest BCUT2D eigenvalue weighted by Gasteiger charge is 2.23. The van der Waals surface area contributed by atoms with Gasteiger partial charge in [-0.25, -0.2) is 14.4 Å². The number of halogens is 1. The molecular weight excluding hydrogens is 243 g/mol. The van der Waals surface area contributed by atoms with E-state index in [2.05, 4.69) is 34.0 Å². The fraction of sp³-hybridized carbons (Fsp3) is 0.714. The maximum Gasteiger partial charge on any atom is 0.186 e. The highest BCUT2D eigenvalue weighted by atomic mass is 19.1. The Morgan fingerprint density at radius 2 is 2.26 bits per heavy atom. The van der Waals surface area contributed by atoms with Crippen LogP contribution in [0.15, 0.2) is 6.33 Å². The number of aryl methyl sites for hydroxylation is 1. The Morgan fingerprint density at radius 3 is 2.89 bits per heavy atom. The van der Waals surface area contributed by atoms with E-state index in [0.29, 0.717) is 17.4 Å². The molecule has 19 heavy (non-hydrogen) atoms. The Hall–Kier alpha value is -1.23. The van der Waals surface area contributed by atoms with Gasteiger partial charge in [-0.05, 0) is 52.6 Å². The maximum atomic E-state index is 14.2. The molecule has 0 bridgehead atoms. The minimum Gasteiger partial charge on any atom is -0.351 e. The number of aromatic nitrogens is 2. The molecule has 1 aliphatic rings. The molecule has 106 valence electrons. The molecule has 1 aromatic heterocycles. The van der Waals surface area contributed by atoms with Crippen LogP contribution in [0, 0.1) is 18.7 Å². The molecule has 1 unspecified atom stereocenters. The van der Waals surface area contributed by atoms with E-state index in [1.807, 2.05) is 0 Å². The number of hydrogen-bond donors (Lipinski definition) is 1. The fourth-order valence-corrected chi connectivity index (χ4v) is 2.55. The fourth-order valence-electron chi connectivity index (χ4n) is 2.55. The van der Waals surface area contributed by atoms with Crippen molar-refractivity contribution in [2.24, 2.45) is 5.92 Å². The van der Waals surface area contributed by atoms with Crippen molar-refractivity contribution in [2.45, 2.75) is 39.7 Å². The van der Waals surface area contributed by atoms with Crippen LogP contribution in [-0.2, 0) is 0 Å². The second kappa shape index (κ2) is 6.28. The van der Waals surface area contributed by atoms with E-state index in [9.17, 15) is 4.39 Å². The summed E-state index contributed by atoms with van der Waals surface area (Å²) in [5.41, 5.74) is 0.414. The minimum absolute atomic E-state index is 0.228. The van der Waals surface area contributed by atoms with Crippen molar-refractivity contribution < 1.29 is 4.39 Å². The third kappa shape index (κ3) is 3.41. The maximum absolute atomic E-state index is 14.2. The summed E-state index contributed by atoms with van der Waals surface area (Å²) >= 11 is 0. The monoisotopic (exact) mass is 266 g/mol. The first-order valence-electron chi connectivity index (χ1n) is 7.04. The van der Waals surface area contributed by atoms with E-state index < -0.39 is 0 Å². The van der Waals surface area contributed by atoms with Gasteiger partial charge in [-0.3, -0.25) is 0 Å². The molecule has 1 fully saturated rings. The lowest BCUT2D eigenvalue weighted by Crippen LogP contribution is -2.42. The molecule has 4 nitrogen and oxygen atoms in total. The summed E-state index contributed by atoms with van der Waals surface area (Å²) in [6.45, 7) is 8.79. The zero-order valence-corrected chi connectivity index (χ0v) is 12.0. The smallest absolute Gasteiger partial charge is 0.186 e. The largest absolute Gasteiger partial charge is 0.351 e. The van der Waals surface area contributed by atoms with Crippen LogP contribution in [0.3, 0.4) is 0 Å². The number of anilines is 1. The molecule has 1 saturated heterocycles. The van der Waals surface area contributed by atoms with Crippen LogP contribution in [0.2, 0.25) is 0 Å². The average Bonchev–Trinajstić information content (AvgIpc) is 2.40. The Labute approximate surface area is 114 Å². The Kier molecular flexibility index (Phi) is 4.69. The molecule has 1 N–H and O–H groups in total. The summed E-state index contributed by atoms with van der Waals surface area (Å²) < 4.78 is 14.2. The van der Waals surface area contributed by atoms with Crippen LogP contribution in [0.25, 0.3) is 0 Å². The van der Waals surface area contributed by atoms with E-state index in [0.717, 1.165) is 19.6 Å². The molecular formula is C14H23FN4. The molecule has 1 atom stereocenters. The number of rotatable bonds is 4.